The maximum Gasteiger partial charge on any atom is 0.217 e. The highest BCUT2D eigenvalue weighted by molar-refractivity contribution is 5.97. The van der Waals surface area contributed by atoms with Crippen molar-refractivity contribution in [2.24, 2.45) is 5.73 Å². The third-order valence-electron chi connectivity index (χ3n) is 1.73. The molecule has 0 rings (SSSR count). The van der Waals surface area contributed by atoms with Crippen LogP contribution in [-0.4, -0.2) is 11.7 Å². The van der Waals surface area contributed by atoms with Gasteiger partial charge in [0.25, 0.3) is 0 Å². The summed E-state index contributed by atoms with van der Waals surface area (Å²) < 4.78 is 0. The van der Waals surface area contributed by atoms with Gasteiger partial charge in [-0.25, -0.2) is 0 Å². The molecule has 0 spiro atoms. The van der Waals surface area contributed by atoms with Crippen molar-refractivity contribution in [3.63, 3.8) is 0 Å². The van der Waals surface area contributed by atoms with Crippen LogP contribution in [0.25, 0.3) is 0 Å². The number of hydrogen-bond acceptors (Lipinski definition) is 2. The quantitative estimate of drug-likeness (QED) is 0.395. The van der Waals surface area contributed by atoms with E-state index in [-0.39, 0.29) is 18.6 Å². The molecule has 1 amide bonds. The third-order valence-corrected chi connectivity index (χ3v) is 1.73. The van der Waals surface area contributed by atoms with Crippen molar-refractivity contribution in [1.82, 2.24) is 0 Å². The normalized spacial score (nSPS) is 8.93. The van der Waals surface area contributed by atoms with Crippen LogP contribution in [0.15, 0.2) is 0 Å². The van der Waals surface area contributed by atoms with Crippen LogP contribution in [0.3, 0.4) is 0 Å². The fraction of sp³-hybridized carbons (Fsp3) is 0.636. The zero-order valence-corrected chi connectivity index (χ0v) is 8.64. The Morgan fingerprint density at radius 1 is 1.21 bits per heavy atom. The number of hydrogen-bond donors (Lipinski definition) is 1. The van der Waals surface area contributed by atoms with E-state index in [0.29, 0.717) is 0 Å². The Morgan fingerprint density at radius 2 is 1.93 bits per heavy atom. The molecule has 0 saturated carbocycles. The Hall–Kier alpha value is -1.30. The molecule has 3 heteroatoms. The molecular weight excluding hydrogens is 178 g/mol. The summed E-state index contributed by atoms with van der Waals surface area (Å²) in [6, 6.07) is 0. The van der Waals surface area contributed by atoms with Gasteiger partial charge in [0.1, 0.15) is 0 Å². The predicted octanol–water partition coefficient (Wildman–Crippen LogP) is 1.40. The first kappa shape index (κ1) is 12.7. The van der Waals surface area contributed by atoms with Crippen molar-refractivity contribution in [2.75, 3.05) is 0 Å². The largest absolute Gasteiger partial charge is 0.370 e. The van der Waals surface area contributed by atoms with Crippen molar-refractivity contribution < 1.29 is 9.59 Å². The van der Waals surface area contributed by atoms with Crippen molar-refractivity contribution >= 4 is 11.7 Å². The highest BCUT2D eigenvalue weighted by atomic mass is 16.1. The summed E-state index contributed by atoms with van der Waals surface area (Å²) in [6.07, 6.45) is 4.34. The van der Waals surface area contributed by atoms with Crippen LogP contribution >= 0.6 is 0 Å². The summed E-state index contributed by atoms with van der Waals surface area (Å²) in [5, 5.41) is 0. The maximum absolute atomic E-state index is 11.0. The van der Waals surface area contributed by atoms with Gasteiger partial charge in [-0.2, -0.15) is 0 Å². The summed E-state index contributed by atoms with van der Waals surface area (Å²) in [5.41, 5.74) is 4.90. The lowest BCUT2D eigenvalue weighted by Gasteiger charge is -1.90. The lowest BCUT2D eigenvalue weighted by atomic mass is 10.2. The van der Waals surface area contributed by atoms with Gasteiger partial charge in [-0.05, 0) is 12.3 Å². The fourth-order valence-electron chi connectivity index (χ4n) is 0.924. The molecule has 2 N–H and O–H groups in total. The van der Waals surface area contributed by atoms with E-state index in [1.807, 2.05) is 0 Å². The van der Waals surface area contributed by atoms with Gasteiger partial charge in [0.2, 0.25) is 11.7 Å². The molecule has 0 unspecified atom stereocenters. The van der Waals surface area contributed by atoms with Gasteiger partial charge >= 0.3 is 0 Å². The Balaban J connectivity index is 3.54. The standard InChI is InChI=1S/C11H17NO2/c1-2-3-4-5-6-7-10(13)8-9-11(12)14/h2-5,8-9H2,1H3,(H2,12,14). The van der Waals surface area contributed by atoms with Crippen LogP contribution in [0.4, 0.5) is 0 Å². The van der Waals surface area contributed by atoms with E-state index in [9.17, 15) is 9.59 Å². The highest BCUT2D eigenvalue weighted by Crippen LogP contribution is 1.97. The van der Waals surface area contributed by atoms with Gasteiger partial charge in [0.05, 0.1) is 0 Å². The lowest BCUT2D eigenvalue weighted by Crippen LogP contribution is -2.11. The van der Waals surface area contributed by atoms with Gasteiger partial charge in [0.15, 0.2) is 0 Å². The van der Waals surface area contributed by atoms with Crippen molar-refractivity contribution in [3.8, 4) is 11.8 Å². The predicted molar refractivity (Wildman–Crippen MR) is 55.4 cm³/mol. The molecule has 0 radical (unpaired) electrons. The van der Waals surface area contributed by atoms with Crippen LogP contribution < -0.4 is 5.73 Å². The molecular formula is C11H17NO2. The average molecular weight is 195 g/mol. The number of unbranched alkanes of at least 4 members (excludes halogenated alkanes) is 3. The van der Waals surface area contributed by atoms with Crippen molar-refractivity contribution in [2.45, 2.75) is 45.4 Å². The summed E-state index contributed by atoms with van der Waals surface area (Å²) in [6.45, 7) is 2.12. The molecule has 0 fully saturated rings. The second-order valence-corrected chi connectivity index (χ2v) is 3.15. The van der Waals surface area contributed by atoms with Gasteiger partial charge in [-0.1, -0.05) is 25.7 Å². The zero-order chi connectivity index (χ0) is 10.8. The number of ketones is 1. The summed E-state index contributed by atoms with van der Waals surface area (Å²) in [5.74, 6) is 4.65. The van der Waals surface area contributed by atoms with Gasteiger partial charge in [0, 0.05) is 19.3 Å². The van der Waals surface area contributed by atoms with Gasteiger partial charge in [-0.15, -0.1) is 0 Å². The molecule has 0 aromatic heterocycles. The monoisotopic (exact) mass is 195 g/mol. The first-order chi connectivity index (χ1) is 6.66. The smallest absolute Gasteiger partial charge is 0.217 e. The Kier molecular flexibility index (Phi) is 7.53. The molecule has 3 nitrogen and oxygen atoms in total. The molecule has 0 aromatic carbocycles. The van der Waals surface area contributed by atoms with E-state index >= 15 is 0 Å². The topological polar surface area (TPSA) is 60.2 Å². The number of amides is 1. The molecule has 0 aliphatic heterocycles. The molecule has 0 saturated heterocycles. The number of primary amides is 1. The molecule has 78 valence electrons. The number of nitrogens with two attached hydrogens (primary N) is 1. The summed E-state index contributed by atoms with van der Waals surface area (Å²) in [7, 11) is 0. The third kappa shape index (κ3) is 8.79. The maximum atomic E-state index is 11.0. The van der Waals surface area contributed by atoms with Crippen molar-refractivity contribution in [1.29, 1.82) is 0 Å². The van der Waals surface area contributed by atoms with E-state index in [0.717, 1.165) is 25.7 Å². The first-order valence-electron chi connectivity index (χ1n) is 4.96. The highest BCUT2D eigenvalue weighted by Gasteiger charge is 1.99. The molecule has 0 aliphatic rings. The van der Waals surface area contributed by atoms with Gasteiger partial charge in [-0.3, -0.25) is 9.59 Å². The number of rotatable bonds is 6. The Morgan fingerprint density at radius 3 is 2.50 bits per heavy atom. The molecule has 0 aromatic rings. The number of carbonyl (C=O) groups is 2. The number of Topliss-reactive ketones (excluding diaryl/α,β-unsaturated/α-hetero) is 1. The van der Waals surface area contributed by atoms with E-state index in [1.54, 1.807) is 0 Å². The lowest BCUT2D eigenvalue weighted by molar-refractivity contribution is -0.121. The molecule has 0 bridgehead atoms. The minimum Gasteiger partial charge on any atom is -0.370 e. The first-order valence-corrected chi connectivity index (χ1v) is 4.96. The number of carbonyl (C=O) groups excluding carboxylic acids is 2. The van der Waals surface area contributed by atoms with Gasteiger partial charge < -0.3 is 5.73 Å². The average Bonchev–Trinajstić information content (AvgIpc) is 2.14. The Labute approximate surface area is 85.1 Å². The van der Waals surface area contributed by atoms with Crippen LogP contribution in [0.5, 0.6) is 0 Å². The molecule has 0 aliphatic carbocycles. The van der Waals surface area contributed by atoms with Crippen LogP contribution in [0.1, 0.15) is 45.4 Å². The van der Waals surface area contributed by atoms with E-state index in [2.05, 4.69) is 18.8 Å². The van der Waals surface area contributed by atoms with Crippen molar-refractivity contribution in [3.05, 3.63) is 0 Å². The molecule has 0 atom stereocenters. The Bertz CT molecular complexity index is 248. The summed E-state index contributed by atoms with van der Waals surface area (Å²) >= 11 is 0. The minimum atomic E-state index is -0.453. The molecule has 14 heavy (non-hydrogen) atoms. The van der Waals surface area contributed by atoms with Crippen LogP contribution in [0.2, 0.25) is 0 Å². The zero-order valence-electron chi connectivity index (χ0n) is 8.64. The molecule has 0 heterocycles. The second kappa shape index (κ2) is 8.31. The van der Waals surface area contributed by atoms with E-state index < -0.39 is 5.91 Å². The van der Waals surface area contributed by atoms with Crippen LogP contribution in [-0.2, 0) is 9.59 Å². The van der Waals surface area contributed by atoms with Crippen LogP contribution in [0, 0.1) is 11.8 Å². The summed E-state index contributed by atoms with van der Waals surface area (Å²) in [4.78, 5) is 21.3. The fourth-order valence-corrected chi connectivity index (χ4v) is 0.924. The minimum absolute atomic E-state index is 0.0997. The van der Waals surface area contributed by atoms with E-state index in [4.69, 9.17) is 5.73 Å². The second-order valence-electron chi connectivity index (χ2n) is 3.15. The van der Waals surface area contributed by atoms with E-state index in [1.165, 1.54) is 0 Å². The SMILES string of the molecule is CCCCCC#CC(=O)CCC(N)=O.